The van der Waals surface area contributed by atoms with Gasteiger partial charge in [0.1, 0.15) is 6.04 Å². The van der Waals surface area contributed by atoms with E-state index in [0.29, 0.717) is 19.6 Å². The fourth-order valence-corrected chi connectivity index (χ4v) is 3.33. The topological polar surface area (TPSA) is 58.6 Å². The van der Waals surface area contributed by atoms with Crippen molar-refractivity contribution in [3.8, 4) is 0 Å². The van der Waals surface area contributed by atoms with Gasteiger partial charge in [-0.15, -0.1) is 0 Å². The zero-order valence-corrected chi connectivity index (χ0v) is 12.8. The Bertz CT molecular complexity index is 379. The molecule has 5 nitrogen and oxygen atoms in total. The largest absolute Gasteiger partial charge is 0.375 e. The van der Waals surface area contributed by atoms with Crippen LogP contribution in [0.4, 0.5) is 0 Å². The maximum atomic E-state index is 12.4. The van der Waals surface area contributed by atoms with Crippen molar-refractivity contribution in [1.29, 1.82) is 0 Å². The number of carbonyl (C=O) groups is 2. The van der Waals surface area contributed by atoms with Gasteiger partial charge in [0.15, 0.2) is 0 Å². The molecule has 1 N–H and O–H groups in total. The Labute approximate surface area is 121 Å². The Kier molecular flexibility index (Phi) is 4.68. The van der Waals surface area contributed by atoms with Crippen LogP contribution >= 0.6 is 0 Å². The standard InChI is InChI=1S/C15H26N2O3/c1-4-15(5-2)10-12(7-9-20-15)17-8-6-13(18)16-11(3)14(17)19/h11-12H,4-10H2,1-3H3,(H,16,18). The van der Waals surface area contributed by atoms with Gasteiger partial charge in [0.25, 0.3) is 0 Å². The van der Waals surface area contributed by atoms with Gasteiger partial charge in [0, 0.05) is 25.6 Å². The van der Waals surface area contributed by atoms with Crippen LogP contribution in [0.1, 0.15) is 52.9 Å². The van der Waals surface area contributed by atoms with Gasteiger partial charge in [-0.2, -0.15) is 0 Å². The summed E-state index contributed by atoms with van der Waals surface area (Å²) in [6.07, 6.45) is 4.09. The van der Waals surface area contributed by atoms with E-state index < -0.39 is 6.04 Å². The van der Waals surface area contributed by atoms with Crippen molar-refractivity contribution in [3.63, 3.8) is 0 Å². The van der Waals surface area contributed by atoms with Crippen LogP contribution in [0.5, 0.6) is 0 Å². The van der Waals surface area contributed by atoms with E-state index in [1.807, 2.05) is 4.90 Å². The molecule has 0 saturated carbocycles. The van der Waals surface area contributed by atoms with Crippen LogP contribution in [0.3, 0.4) is 0 Å². The Morgan fingerprint density at radius 2 is 2.05 bits per heavy atom. The van der Waals surface area contributed by atoms with Crippen LogP contribution in [0, 0.1) is 0 Å². The maximum absolute atomic E-state index is 12.4. The minimum atomic E-state index is -0.412. The van der Waals surface area contributed by atoms with E-state index >= 15 is 0 Å². The molecule has 0 aromatic rings. The second-order valence-electron chi connectivity index (χ2n) is 5.96. The van der Waals surface area contributed by atoms with Gasteiger partial charge in [-0.3, -0.25) is 9.59 Å². The monoisotopic (exact) mass is 282 g/mol. The smallest absolute Gasteiger partial charge is 0.245 e. The summed E-state index contributed by atoms with van der Waals surface area (Å²) in [4.78, 5) is 25.9. The van der Waals surface area contributed by atoms with E-state index in [4.69, 9.17) is 4.74 Å². The lowest BCUT2D eigenvalue weighted by Gasteiger charge is -2.44. The van der Waals surface area contributed by atoms with Crippen LogP contribution in [-0.2, 0) is 14.3 Å². The molecule has 2 rings (SSSR count). The molecule has 2 aliphatic rings. The average molecular weight is 282 g/mol. The first-order valence-electron chi connectivity index (χ1n) is 7.75. The Morgan fingerprint density at radius 1 is 1.35 bits per heavy atom. The highest BCUT2D eigenvalue weighted by Crippen LogP contribution is 2.34. The fourth-order valence-electron chi connectivity index (χ4n) is 3.33. The van der Waals surface area contributed by atoms with Crippen molar-refractivity contribution in [3.05, 3.63) is 0 Å². The molecule has 114 valence electrons. The molecule has 20 heavy (non-hydrogen) atoms. The van der Waals surface area contributed by atoms with Crippen LogP contribution in [0.25, 0.3) is 0 Å². The van der Waals surface area contributed by atoms with Gasteiger partial charge in [-0.25, -0.2) is 0 Å². The second kappa shape index (κ2) is 6.12. The first-order chi connectivity index (χ1) is 9.51. The van der Waals surface area contributed by atoms with E-state index in [1.54, 1.807) is 6.92 Å². The molecule has 2 unspecified atom stereocenters. The molecular weight excluding hydrogens is 256 g/mol. The summed E-state index contributed by atoms with van der Waals surface area (Å²) in [5.41, 5.74) is -0.101. The molecule has 0 aromatic heterocycles. The van der Waals surface area contributed by atoms with Gasteiger partial charge in [0.2, 0.25) is 11.8 Å². The maximum Gasteiger partial charge on any atom is 0.245 e. The molecule has 2 saturated heterocycles. The molecule has 0 aromatic carbocycles. The lowest BCUT2D eigenvalue weighted by molar-refractivity contribution is -0.144. The summed E-state index contributed by atoms with van der Waals surface area (Å²) in [5, 5.41) is 2.75. The number of hydrogen-bond acceptors (Lipinski definition) is 3. The number of nitrogens with one attached hydrogen (secondary N) is 1. The van der Waals surface area contributed by atoms with Gasteiger partial charge < -0.3 is 15.0 Å². The van der Waals surface area contributed by atoms with E-state index in [1.165, 1.54) is 0 Å². The molecule has 0 aliphatic carbocycles. The van der Waals surface area contributed by atoms with E-state index in [0.717, 1.165) is 25.7 Å². The Morgan fingerprint density at radius 3 is 2.70 bits per heavy atom. The van der Waals surface area contributed by atoms with Crippen LogP contribution in [0.2, 0.25) is 0 Å². The van der Waals surface area contributed by atoms with Gasteiger partial charge in [-0.05, 0) is 32.6 Å². The lowest BCUT2D eigenvalue weighted by atomic mass is 9.85. The predicted octanol–water partition coefficient (Wildman–Crippen LogP) is 1.46. The molecule has 2 aliphatic heterocycles. The number of rotatable bonds is 3. The number of hydrogen-bond donors (Lipinski definition) is 1. The molecule has 0 bridgehead atoms. The van der Waals surface area contributed by atoms with Gasteiger partial charge in [0.05, 0.1) is 5.60 Å². The summed E-state index contributed by atoms with van der Waals surface area (Å²) >= 11 is 0. The molecule has 5 heteroatoms. The minimum absolute atomic E-state index is 0.0299. The van der Waals surface area contributed by atoms with Crippen LogP contribution in [0.15, 0.2) is 0 Å². The SMILES string of the molecule is CCC1(CC)CC(N2CCC(=O)NC(C)C2=O)CCO1. The third-order valence-electron chi connectivity index (χ3n) is 4.81. The molecule has 2 amide bonds. The predicted molar refractivity (Wildman–Crippen MR) is 76.2 cm³/mol. The number of nitrogens with zero attached hydrogens (tertiary/aromatic N) is 1. The summed E-state index contributed by atoms with van der Waals surface area (Å²) in [6, 6.07) is -0.211. The zero-order valence-electron chi connectivity index (χ0n) is 12.8. The third-order valence-corrected chi connectivity index (χ3v) is 4.81. The third kappa shape index (κ3) is 2.97. The highest BCUT2D eigenvalue weighted by atomic mass is 16.5. The average Bonchev–Trinajstić information content (AvgIpc) is 2.58. The Hall–Kier alpha value is -1.10. The molecule has 2 fully saturated rings. The molecule has 2 heterocycles. The fraction of sp³-hybridized carbons (Fsp3) is 0.867. The summed E-state index contributed by atoms with van der Waals surface area (Å²) in [6.45, 7) is 7.29. The number of carbonyl (C=O) groups excluding carboxylic acids is 2. The lowest BCUT2D eigenvalue weighted by Crippen LogP contribution is -2.53. The van der Waals surface area contributed by atoms with E-state index in [-0.39, 0.29) is 23.5 Å². The molecule has 2 atom stereocenters. The van der Waals surface area contributed by atoms with Crippen molar-refractivity contribution < 1.29 is 14.3 Å². The van der Waals surface area contributed by atoms with Crippen LogP contribution < -0.4 is 5.32 Å². The van der Waals surface area contributed by atoms with E-state index in [2.05, 4.69) is 19.2 Å². The van der Waals surface area contributed by atoms with E-state index in [9.17, 15) is 9.59 Å². The minimum Gasteiger partial charge on any atom is -0.375 e. The summed E-state index contributed by atoms with van der Waals surface area (Å²) < 4.78 is 5.98. The first-order valence-corrected chi connectivity index (χ1v) is 7.75. The Balaban J connectivity index is 2.13. The van der Waals surface area contributed by atoms with Crippen LogP contribution in [-0.4, -0.2) is 47.6 Å². The molecular formula is C15H26N2O3. The van der Waals surface area contributed by atoms with Crippen molar-refractivity contribution >= 4 is 11.8 Å². The number of amides is 2. The molecule has 0 radical (unpaired) electrons. The van der Waals surface area contributed by atoms with Gasteiger partial charge >= 0.3 is 0 Å². The van der Waals surface area contributed by atoms with Crippen molar-refractivity contribution in [2.45, 2.75) is 70.6 Å². The zero-order chi connectivity index (χ0) is 14.8. The van der Waals surface area contributed by atoms with Crippen molar-refractivity contribution in [2.75, 3.05) is 13.2 Å². The highest BCUT2D eigenvalue weighted by Gasteiger charge is 2.40. The molecule has 0 spiro atoms. The second-order valence-corrected chi connectivity index (χ2v) is 5.96. The highest BCUT2D eigenvalue weighted by molar-refractivity contribution is 5.89. The summed E-state index contributed by atoms with van der Waals surface area (Å²) in [7, 11) is 0. The number of ether oxygens (including phenoxy) is 1. The summed E-state index contributed by atoms with van der Waals surface area (Å²) in [5.74, 6) is 0.0153. The van der Waals surface area contributed by atoms with Crippen molar-refractivity contribution in [2.24, 2.45) is 0 Å². The van der Waals surface area contributed by atoms with Gasteiger partial charge in [-0.1, -0.05) is 13.8 Å². The first kappa shape index (κ1) is 15.3. The quantitative estimate of drug-likeness (QED) is 0.852. The van der Waals surface area contributed by atoms with Crippen molar-refractivity contribution in [1.82, 2.24) is 10.2 Å². The normalized spacial score (nSPS) is 30.9.